The summed E-state index contributed by atoms with van der Waals surface area (Å²) in [6, 6.07) is 1.75. The first-order chi connectivity index (χ1) is 10.1. The first-order valence-electron chi connectivity index (χ1n) is 7.65. The van der Waals surface area contributed by atoms with Gasteiger partial charge in [0.25, 0.3) is 5.91 Å². The Hall–Kier alpha value is -1.33. The van der Waals surface area contributed by atoms with Crippen LogP contribution in [0.5, 0.6) is 0 Å². The van der Waals surface area contributed by atoms with Crippen molar-refractivity contribution >= 4 is 5.91 Å². The molecule has 0 radical (unpaired) electrons. The van der Waals surface area contributed by atoms with Gasteiger partial charge in [0, 0.05) is 32.8 Å². The van der Waals surface area contributed by atoms with Crippen molar-refractivity contribution in [2.45, 2.75) is 12.8 Å². The van der Waals surface area contributed by atoms with Crippen LogP contribution in [0.3, 0.4) is 0 Å². The number of hydrogen-bond acceptors (Lipinski definition) is 4. The van der Waals surface area contributed by atoms with Gasteiger partial charge >= 0.3 is 0 Å². The fourth-order valence-corrected chi connectivity index (χ4v) is 3.79. The van der Waals surface area contributed by atoms with Crippen LogP contribution in [0.4, 0.5) is 0 Å². The van der Waals surface area contributed by atoms with Crippen LogP contribution in [0.15, 0.2) is 23.0 Å². The number of amides is 1. The van der Waals surface area contributed by atoms with Crippen LogP contribution in [0, 0.1) is 11.3 Å². The predicted octanol–water partition coefficient (Wildman–Crippen LogP) is 1.71. The molecule has 0 aliphatic carbocycles. The van der Waals surface area contributed by atoms with E-state index in [2.05, 4.69) is 19.0 Å². The highest BCUT2D eigenvalue weighted by molar-refractivity contribution is 5.94. The van der Waals surface area contributed by atoms with Crippen LogP contribution < -0.4 is 0 Å². The summed E-state index contributed by atoms with van der Waals surface area (Å²) in [6.07, 6.45) is 5.21. The van der Waals surface area contributed by atoms with Gasteiger partial charge in [0.2, 0.25) is 0 Å². The molecule has 0 N–H and O–H groups in total. The fraction of sp³-hybridized carbons (Fsp3) is 0.688. The summed E-state index contributed by atoms with van der Waals surface area (Å²) in [6.45, 7) is 4.34. The molecule has 3 rings (SSSR count). The van der Waals surface area contributed by atoms with Crippen LogP contribution >= 0.6 is 0 Å². The third kappa shape index (κ3) is 2.85. The van der Waals surface area contributed by atoms with Crippen LogP contribution in [0.1, 0.15) is 23.2 Å². The van der Waals surface area contributed by atoms with Crippen LogP contribution in [0.2, 0.25) is 0 Å². The summed E-state index contributed by atoms with van der Waals surface area (Å²) in [5.41, 5.74) is 0.879. The number of likely N-dealkylation sites (tertiary alicyclic amines) is 1. The predicted molar refractivity (Wildman–Crippen MR) is 79.1 cm³/mol. The van der Waals surface area contributed by atoms with Crippen molar-refractivity contribution < 1.29 is 13.9 Å². The zero-order valence-corrected chi connectivity index (χ0v) is 12.9. The summed E-state index contributed by atoms with van der Waals surface area (Å²) in [4.78, 5) is 16.8. The number of rotatable bonds is 3. The van der Waals surface area contributed by atoms with E-state index in [1.807, 2.05) is 4.90 Å². The number of furan rings is 1. The van der Waals surface area contributed by atoms with E-state index in [4.69, 9.17) is 9.15 Å². The Morgan fingerprint density at radius 1 is 1.43 bits per heavy atom. The van der Waals surface area contributed by atoms with Gasteiger partial charge in [0.05, 0.1) is 11.8 Å². The van der Waals surface area contributed by atoms with Crippen LogP contribution in [0.25, 0.3) is 0 Å². The van der Waals surface area contributed by atoms with Gasteiger partial charge in [0.1, 0.15) is 6.26 Å². The summed E-state index contributed by atoms with van der Waals surface area (Å²) >= 11 is 0. The monoisotopic (exact) mass is 292 g/mol. The average Bonchev–Trinajstić information content (AvgIpc) is 3.09. The largest absolute Gasteiger partial charge is 0.472 e. The van der Waals surface area contributed by atoms with E-state index in [0.29, 0.717) is 11.5 Å². The Kier molecular flexibility index (Phi) is 4.04. The Balaban J connectivity index is 1.78. The molecule has 2 saturated heterocycles. The molecule has 0 saturated carbocycles. The first kappa shape index (κ1) is 14.6. The van der Waals surface area contributed by atoms with E-state index in [0.717, 1.165) is 45.7 Å². The SMILES string of the molecule is CN(C)CC1CN(C(=O)c2ccoc2)CC12CCOCC2. The van der Waals surface area contributed by atoms with Gasteiger partial charge in [-0.2, -0.15) is 0 Å². The van der Waals surface area contributed by atoms with Gasteiger partial charge < -0.3 is 19.0 Å². The average molecular weight is 292 g/mol. The van der Waals surface area contributed by atoms with E-state index >= 15 is 0 Å². The summed E-state index contributed by atoms with van der Waals surface area (Å²) in [7, 11) is 4.21. The number of carbonyl (C=O) groups excluding carboxylic acids is 1. The van der Waals surface area contributed by atoms with Gasteiger partial charge in [-0.25, -0.2) is 0 Å². The molecule has 1 spiro atoms. The number of nitrogens with zero attached hydrogens (tertiary/aromatic N) is 2. The van der Waals surface area contributed by atoms with Crippen molar-refractivity contribution in [3.63, 3.8) is 0 Å². The maximum absolute atomic E-state index is 12.6. The van der Waals surface area contributed by atoms with Gasteiger partial charge in [-0.15, -0.1) is 0 Å². The lowest BCUT2D eigenvalue weighted by atomic mass is 9.72. The molecular weight excluding hydrogens is 268 g/mol. The lowest BCUT2D eigenvalue weighted by molar-refractivity contribution is -0.00451. The van der Waals surface area contributed by atoms with E-state index in [-0.39, 0.29) is 11.3 Å². The molecule has 1 amide bonds. The maximum atomic E-state index is 12.6. The maximum Gasteiger partial charge on any atom is 0.257 e. The number of carbonyl (C=O) groups is 1. The van der Waals surface area contributed by atoms with Crippen molar-refractivity contribution in [1.29, 1.82) is 0 Å². The standard InChI is InChI=1S/C16H24N2O3/c1-17(2)9-14-10-18(15(19)13-3-6-21-11-13)12-16(14)4-7-20-8-5-16/h3,6,11,14H,4-5,7-10,12H2,1-2H3. The molecule has 5 heteroatoms. The topological polar surface area (TPSA) is 45.9 Å². The molecule has 1 aromatic heterocycles. The second kappa shape index (κ2) is 5.81. The fourth-order valence-electron chi connectivity index (χ4n) is 3.79. The molecule has 0 aromatic carbocycles. The quantitative estimate of drug-likeness (QED) is 0.851. The third-order valence-electron chi connectivity index (χ3n) is 4.94. The number of ether oxygens (including phenoxy) is 1. The Labute approximate surface area is 125 Å². The number of hydrogen-bond donors (Lipinski definition) is 0. The Morgan fingerprint density at radius 3 is 2.81 bits per heavy atom. The van der Waals surface area contributed by atoms with Crippen LogP contribution in [-0.2, 0) is 4.74 Å². The van der Waals surface area contributed by atoms with Gasteiger partial charge in [0.15, 0.2) is 0 Å². The van der Waals surface area contributed by atoms with E-state index in [9.17, 15) is 4.79 Å². The van der Waals surface area contributed by atoms with Crippen molar-refractivity contribution in [3.8, 4) is 0 Å². The lowest BCUT2D eigenvalue weighted by Crippen LogP contribution is -2.40. The van der Waals surface area contributed by atoms with Crippen molar-refractivity contribution in [1.82, 2.24) is 9.80 Å². The molecule has 21 heavy (non-hydrogen) atoms. The van der Waals surface area contributed by atoms with E-state index in [1.165, 1.54) is 6.26 Å². The van der Waals surface area contributed by atoms with Crippen molar-refractivity contribution in [3.05, 3.63) is 24.2 Å². The first-order valence-corrected chi connectivity index (χ1v) is 7.65. The van der Waals surface area contributed by atoms with E-state index < -0.39 is 0 Å². The van der Waals surface area contributed by atoms with Gasteiger partial charge in [-0.05, 0) is 44.3 Å². The summed E-state index contributed by atoms with van der Waals surface area (Å²) in [5.74, 6) is 0.614. The van der Waals surface area contributed by atoms with Gasteiger partial charge in [-0.3, -0.25) is 4.79 Å². The molecule has 0 bridgehead atoms. The second-order valence-corrected chi connectivity index (χ2v) is 6.63. The highest BCUT2D eigenvalue weighted by atomic mass is 16.5. The van der Waals surface area contributed by atoms with E-state index in [1.54, 1.807) is 12.3 Å². The smallest absolute Gasteiger partial charge is 0.257 e. The summed E-state index contributed by atoms with van der Waals surface area (Å²) < 4.78 is 10.6. The molecule has 2 fully saturated rings. The molecular formula is C16H24N2O3. The Morgan fingerprint density at radius 2 is 2.19 bits per heavy atom. The molecule has 1 unspecified atom stereocenters. The second-order valence-electron chi connectivity index (χ2n) is 6.63. The minimum atomic E-state index is 0.0934. The minimum Gasteiger partial charge on any atom is -0.472 e. The third-order valence-corrected chi connectivity index (χ3v) is 4.94. The van der Waals surface area contributed by atoms with Crippen molar-refractivity contribution in [2.75, 3.05) is 46.9 Å². The molecule has 2 aliphatic rings. The molecule has 5 nitrogen and oxygen atoms in total. The zero-order valence-electron chi connectivity index (χ0n) is 12.9. The lowest BCUT2D eigenvalue weighted by Gasteiger charge is -2.38. The molecule has 1 aromatic rings. The minimum absolute atomic E-state index is 0.0934. The summed E-state index contributed by atoms with van der Waals surface area (Å²) in [5, 5.41) is 0. The zero-order chi connectivity index (χ0) is 14.9. The molecule has 1 atom stereocenters. The molecule has 116 valence electrons. The van der Waals surface area contributed by atoms with Gasteiger partial charge in [-0.1, -0.05) is 0 Å². The normalized spacial score (nSPS) is 24.9. The highest BCUT2D eigenvalue weighted by Gasteiger charge is 2.48. The Bertz CT molecular complexity index is 478. The van der Waals surface area contributed by atoms with Crippen molar-refractivity contribution in [2.24, 2.45) is 11.3 Å². The van der Waals surface area contributed by atoms with Crippen LogP contribution in [-0.4, -0.2) is 62.7 Å². The molecule has 3 heterocycles. The molecule has 2 aliphatic heterocycles. The highest BCUT2D eigenvalue weighted by Crippen LogP contribution is 2.44.